The van der Waals surface area contributed by atoms with Crippen LogP contribution in [0.3, 0.4) is 0 Å². The van der Waals surface area contributed by atoms with E-state index in [9.17, 15) is 26.4 Å². The van der Waals surface area contributed by atoms with Gasteiger partial charge >= 0.3 is 0 Å². The van der Waals surface area contributed by atoms with Crippen LogP contribution >= 0.6 is 0 Å². The molecular formula is C23H43N3O7S2. The normalized spacial score (nSPS) is 24.6. The van der Waals surface area contributed by atoms with Crippen molar-refractivity contribution in [2.75, 3.05) is 18.1 Å². The van der Waals surface area contributed by atoms with E-state index in [2.05, 4.69) is 16.4 Å². The minimum atomic E-state index is -4.01. The molecule has 2 aliphatic rings. The topological polar surface area (TPSA) is 159 Å². The molecule has 10 nitrogen and oxygen atoms in total. The number of ketones is 1. The molecule has 3 unspecified atom stereocenters. The Morgan fingerprint density at radius 1 is 1.03 bits per heavy atom. The molecule has 0 radical (unpaired) electrons. The van der Waals surface area contributed by atoms with E-state index in [-0.39, 0.29) is 17.5 Å². The number of unbranched alkanes of at least 4 members (excludes halogenated alkanes) is 7. The van der Waals surface area contributed by atoms with E-state index in [0.717, 1.165) is 32.1 Å². The number of hydroxylamine groups is 1. The molecule has 0 aromatic heterocycles. The molecule has 2 saturated carbocycles. The zero-order valence-corrected chi connectivity index (χ0v) is 22.9. The first kappa shape index (κ1) is 30.1. The molecule has 2 aliphatic carbocycles. The number of nitrogens with one attached hydrogen (secondary N) is 3. The number of sulfonamides is 2. The molecule has 3 atom stereocenters. The summed E-state index contributed by atoms with van der Waals surface area (Å²) >= 11 is 0. The number of hydrogen-bond donors (Lipinski definition) is 4. The quantitative estimate of drug-likeness (QED) is 0.126. The van der Waals surface area contributed by atoms with Gasteiger partial charge < -0.3 is 0 Å². The molecule has 4 N–H and O–H groups in total. The van der Waals surface area contributed by atoms with Gasteiger partial charge in [0.15, 0.2) is 0 Å². The first-order valence-corrected chi connectivity index (χ1v) is 16.1. The van der Waals surface area contributed by atoms with Crippen LogP contribution in [-0.2, 0) is 29.6 Å². The Morgan fingerprint density at radius 3 is 2.14 bits per heavy atom. The van der Waals surface area contributed by atoms with Crippen LogP contribution < -0.4 is 14.9 Å². The first-order valence-electron chi connectivity index (χ1n) is 12.7. The van der Waals surface area contributed by atoms with Gasteiger partial charge in [0.05, 0.1) is 11.5 Å². The Bertz CT molecular complexity index is 950. The molecule has 0 heterocycles. The number of amides is 1. The molecule has 2 bridgehead atoms. The van der Waals surface area contributed by atoms with Gasteiger partial charge in [0.2, 0.25) is 20.0 Å². The van der Waals surface area contributed by atoms with Crippen molar-refractivity contribution in [3.63, 3.8) is 0 Å². The van der Waals surface area contributed by atoms with Gasteiger partial charge in [0, 0.05) is 18.4 Å². The number of fused-ring (bicyclic) bond motifs is 2. The predicted molar refractivity (Wildman–Crippen MR) is 134 cm³/mol. The summed E-state index contributed by atoms with van der Waals surface area (Å²) in [6, 6.07) is -1.52. The number of Topliss-reactive ketones (excluding diaryl/α,β-unsaturated/α-hetero) is 1. The molecule has 2 rings (SSSR count). The molecule has 0 aliphatic heterocycles. The number of hydrogen-bond acceptors (Lipinski definition) is 7. The average Bonchev–Trinajstić information content (AvgIpc) is 3.12. The fourth-order valence-electron chi connectivity index (χ4n) is 5.66. The van der Waals surface area contributed by atoms with Gasteiger partial charge in [-0.2, -0.15) is 0 Å². The Labute approximate surface area is 210 Å². The minimum absolute atomic E-state index is 0.0557. The molecule has 0 aromatic carbocycles. The van der Waals surface area contributed by atoms with Crippen LogP contribution in [0, 0.1) is 16.7 Å². The first-order chi connectivity index (χ1) is 16.3. The molecule has 12 heteroatoms. The lowest BCUT2D eigenvalue weighted by molar-refractivity contribution is -0.130. The molecule has 0 aromatic rings. The van der Waals surface area contributed by atoms with Gasteiger partial charge in [-0.1, -0.05) is 65.7 Å². The van der Waals surface area contributed by atoms with Crippen molar-refractivity contribution in [2.45, 2.75) is 97.4 Å². The lowest BCUT2D eigenvalue weighted by Gasteiger charge is -2.36. The second kappa shape index (κ2) is 12.4. The predicted octanol–water partition coefficient (Wildman–Crippen LogP) is 2.24. The van der Waals surface area contributed by atoms with Crippen molar-refractivity contribution in [2.24, 2.45) is 16.7 Å². The zero-order chi connectivity index (χ0) is 26.3. The highest BCUT2D eigenvalue weighted by Crippen LogP contribution is 2.64. The minimum Gasteiger partial charge on any atom is -0.299 e. The second-order valence-corrected chi connectivity index (χ2v) is 14.4. The van der Waals surface area contributed by atoms with E-state index in [1.165, 1.54) is 24.7 Å². The van der Waals surface area contributed by atoms with Gasteiger partial charge in [-0.25, -0.2) is 31.8 Å². The van der Waals surface area contributed by atoms with Crippen LogP contribution in [0.5, 0.6) is 0 Å². The van der Waals surface area contributed by atoms with Crippen molar-refractivity contribution in [3.8, 4) is 0 Å². The average molecular weight is 538 g/mol. The van der Waals surface area contributed by atoms with Crippen molar-refractivity contribution < 1.29 is 31.6 Å². The van der Waals surface area contributed by atoms with Crippen molar-refractivity contribution in [1.82, 2.24) is 14.9 Å². The lowest BCUT2D eigenvalue weighted by atomic mass is 9.70. The molecular weight excluding hydrogens is 494 g/mol. The second-order valence-electron chi connectivity index (χ2n) is 10.7. The fourth-order valence-corrected chi connectivity index (χ4v) is 8.84. The third-order valence-corrected chi connectivity index (χ3v) is 11.0. The van der Waals surface area contributed by atoms with Crippen LogP contribution in [-0.4, -0.2) is 57.8 Å². The van der Waals surface area contributed by atoms with Gasteiger partial charge in [-0.05, 0) is 30.6 Å². The maximum absolute atomic E-state index is 12.9. The van der Waals surface area contributed by atoms with Crippen molar-refractivity contribution in [3.05, 3.63) is 0 Å². The standard InChI is InChI=1S/C23H43N3O7S2/c1-4-5-6-7-8-9-10-11-14-34(30,31)26-19(21(28)25-29)16-24-35(32,33)17-23-13-12-18(15-20(23)27)22(23,2)3/h18-19,24,26,29H,4-17H2,1-3H3,(H,25,28). The summed E-state index contributed by atoms with van der Waals surface area (Å²) in [7, 11) is -7.88. The monoisotopic (exact) mass is 537 g/mol. The summed E-state index contributed by atoms with van der Waals surface area (Å²) in [4.78, 5) is 24.7. The fraction of sp³-hybridized carbons (Fsp3) is 0.913. The molecule has 2 fully saturated rings. The van der Waals surface area contributed by atoms with Gasteiger partial charge in [-0.15, -0.1) is 0 Å². The molecule has 204 valence electrons. The Kier molecular flexibility index (Phi) is 10.7. The maximum Gasteiger partial charge on any atom is 0.262 e. The van der Waals surface area contributed by atoms with Crippen molar-refractivity contribution >= 4 is 31.7 Å². The van der Waals surface area contributed by atoms with Gasteiger partial charge in [0.25, 0.3) is 5.91 Å². The summed E-state index contributed by atoms with van der Waals surface area (Å²) in [5.41, 5.74) is -0.0356. The third-order valence-electron chi connectivity index (χ3n) is 8.10. The van der Waals surface area contributed by atoms with Crippen LogP contribution in [0.4, 0.5) is 0 Å². The summed E-state index contributed by atoms with van der Waals surface area (Å²) in [6.45, 7) is 5.42. The van der Waals surface area contributed by atoms with E-state index < -0.39 is 55.1 Å². The van der Waals surface area contributed by atoms with E-state index in [1.54, 1.807) is 0 Å². The van der Waals surface area contributed by atoms with Crippen LogP contribution in [0.2, 0.25) is 0 Å². The maximum atomic E-state index is 12.9. The van der Waals surface area contributed by atoms with E-state index in [1.807, 2.05) is 13.8 Å². The SMILES string of the molecule is CCCCCCCCCCS(=O)(=O)NC(CNS(=O)(=O)CC12CCC(CC1=O)C2(C)C)C(=O)NO. The van der Waals surface area contributed by atoms with Crippen molar-refractivity contribution in [1.29, 1.82) is 0 Å². The number of carbonyl (C=O) groups excluding carboxylic acids is 2. The van der Waals surface area contributed by atoms with Crippen LogP contribution in [0.1, 0.15) is 91.4 Å². The highest BCUT2D eigenvalue weighted by atomic mass is 32.2. The van der Waals surface area contributed by atoms with E-state index in [4.69, 9.17) is 5.21 Å². The molecule has 0 spiro atoms. The third kappa shape index (κ3) is 7.70. The van der Waals surface area contributed by atoms with Gasteiger partial charge in [-0.3, -0.25) is 14.8 Å². The Hall–Kier alpha value is -1.08. The number of carbonyl (C=O) groups is 2. The smallest absolute Gasteiger partial charge is 0.262 e. The van der Waals surface area contributed by atoms with E-state index >= 15 is 0 Å². The van der Waals surface area contributed by atoms with Crippen LogP contribution in [0.15, 0.2) is 0 Å². The summed E-state index contributed by atoms with van der Waals surface area (Å²) in [6.07, 6.45) is 9.47. The molecule has 1 amide bonds. The zero-order valence-electron chi connectivity index (χ0n) is 21.3. The largest absolute Gasteiger partial charge is 0.299 e. The summed E-state index contributed by atoms with van der Waals surface area (Å²) < 4.78 is 55.2. The summed E-state index contributed by atoms with van der Waals surface area (Å²) in [5.74, 6) is -1.57. The molecule has 0 saturated heterocycles. The lowest BCUT2D eigenvalue weighted by Crippen LogP contribution is -2.53. The summed E-state index contributed by atoms with van der Waals surface area (Å²) in [5, 5.41) is 9.03. The Morgan fingerprint density at radius 2 is 1.63 bits per heavy atom. The van der Waals surface area contributed by atoms with E-state index in [0.29, 0.717) is 19.3 Å². The van der Waals surface area contributed by atoms with Gasteiger partial charge in [0.1, 0.15) is 11.8 Å². The highest BCUT2D eigenvalue weighted by Gasteiger charge is 2.65. The molecule has 35 heavy (non-hydrogen) atoms. The number of rotatable bonds is 17. The van der Waals surface area contributed by atoms with Crippen LogP contribution in [0.25, 0.3) is 0 Å². The highest BCUT2D eigenvalue weighted by molar-refractivity contribution is 7.89. The Balaban J connectivity index is 1.89.